The molecule has 0 unspecified atom stereocenters. The van der Waals surface area contributed by atoms with Crippen molar-refractivity contribution >= 4 is 11.7 Å². The van der Waals surface area contributed by atoms with E-state index in [9.17, 15) is 4.79 Å². The summed E-state index contributed by atoms with van der Waals surface area (Å²) in [6.07, 6.45) is 2.52. The number of anilines is 1. The number of nitriles is 1. The number of aromatic nitrogens is 2. The van der Waals surface area contributed by atoms with Crippen molar-refractivity contribution in [2.24, 2.45) is 0 Å². The van der Waals surface area contributed by atoms with E-state index in [1.807, 2.05) is 11.9 Å². The molecule has 1 fully saturated rings. The molecule has 2 heterocycles. The SMILES string of the molecule is CN(Cc1nccc(N)n1)[C@@H]1CCN(C(=O)C(C)(C)Oc2ccc(C#N)cc2)C1. The Kier molecular flexibility index (Phi) is 5.99. The zero-order chi connectivity index (χ0) is 21.0. The van der Waals surface area contributed by atoms with E-state index in [1.165, 1.54) is 0 Å². The van der Waals surface area contributed by atoms with Crippen LogP contribution in [0.4, 0.5) is 5.82 Å². The molecule has 2 N–H and O–H groups in total. The number of carbonyl (C=O) groups is 1. The number of likely N-dealkylation sites (tertiary alicyclic amines) is 1. The first-order valence-corrected chi connectivity index (χ1v) is 9.54. The van der Waals surface area contributed by atoms with E-state index in [0.717, 1.165) is 6.42 Å². The van der Waals surface area contributed by atoms with E-state index in [0.29, 0.717) is 42.6 Å². The van der Waals surface area contributed by atoms with Crippen molar-refractivity contribution in [2.75, 3.05) is 25.9 Å². The lowest BCUT2D eigenvalue weighted by Crippen LogP contribution is -2.49. The quantitative estimate of drug-likeness (QED) is 0.796. The van der Waals surface area contributed by atoms with Crippen LogP contribution < -0.4 is 10.5 Å². The van der Waals surface area contributed by atoms with Crippen molar-refractivity contribution in [3.8, 4) is 11.8 Å². The molecule has 3 rings (SSSR count). The minimum atomic E-state index is -1.00. The van der Waals surface area contributed by atoms with Crippen molar-refractivity contribution in [1.82, 2.24) is 19.8 Å². The molecular weight excluding hydrogens is 368 g/mol. The molecule has 1 aliphatic heterocycles. The van der Waals surface area contributed by atoms with E-state index in [1.54, 1.807) is 50.4 Å². The molecule has 0 radical (unpaired) electrons. The summed E-state index contributed by atoms with van der Waals surface area (Å²) in [6.45, 7) is 5.41. The lowest BCUT2D eigenvalue weighted by atomic mass is 10.1. The molecule has 0 bridgehead atoms. The van der Waals surface area contributed by atoms with Crippen LogP contribution in [0, 0.1) is 11.3 Å². The van der Waals surface area contributed by atoms with Crippen LogP contribution in [0.15, 0.2) is 36.5 Å². The average molecular weight is 394 g/mol. The van der Waals surface area contributed by atoms with Gasteiger partial charge in [0.2, 0.25) is 0 Å². The zero-order valence-electron chi connectivity index (χ0n) is 17.0. The van der Waals surface area contributed by atoms with Gasteiger partial charge < -0.3 is 15.4 Å². The average Bonchev–Trinajstić information content (AvgIpc) is 3.18. The Morgan fingerprint density at radius 2 is 2.10 bits per heavy atom. The molecule has 1 saturated heterocycles. The van der Waals surface area contributed by atoms with Crippen LogP contribution in [0.5, 0.6) is 5.75 Å². The van der Waals surface area contributed by atoms with Gasteiger partial charge >= 0.3 is 0 Å². The maximum Gasteiger partial charge on any atom is 0.266 e. The second kappa shape index (κ2) is 8.45. The third-order valence-corrected chi connectivity index (χ3v) is 5.06. The Hall–Kier alpha value is -3.18. The second-order valence-electron chi connectivity index (χ2n) is 7.76. The van der Waals surface area contributed by atoms with Crippen LogP contribution in [-0.4, -0.2) is 57.5 Å². The Morgan fingerprint density at radius 3 is 2.76 bits per heavy atom. The summed E-state index contributed by atoms with van der Waals surface area (Å²) in [7, 11) is 2.00. The Morgan fingerprint density at radius 1 is 1.38 bits per heavy atom. The zero-order valence-corrected chi connectivity index (χ0v) is 17.0. The van der Waals surface area contributed by atoms with Gasteiger partial charge in [-0.15, -0.1) is 0 Å². The fourth-order valence-corrected chi connectivity index (χ4v) is 3.45. The van der Waals surface area contributed by atoms with Crippen LogP contribution in [0.25, 0.3) is 0 Å². The number of ether oxygens (including phenoxy) is 1. The molecule has 1 aliphatic rings. The summed E-state index contributed by atoms with van der Waals surface area (Å²) in [6, 6.07) is 10.7. The van der Waals surface area contributed by atoms with Crippen molar-refractivity contribution in [3.05, 3.63) is 47.9 Å². The molecule has 152 valence electrons. The molecule has 1 aromatic carbocycles. The number of carbonyl (C=O) groups excluding carboxylic acids is 1. The van der Waals surface area contributed by atoms with Crippen molar-refractivity contribution in [1.29, 1.82) is 5.26 Å². The first-order valence-electron chi connectivity index (χ1n) is 9.54. The number of hydrogen-bond acceptors (Lipinski definition) is 7. The summed E-state index contributed by atoms with van der Waals surface area (Å²) in [5, 5.41) is 8.90. The van der Waals surface area contributed by atoms with E-state index in [-0.39, 0.29) is 11.9 Å². The summed E-state index contributed by atoms with van der Waals surface area (Å²) >= 11 is 0. The number of likely N-dealkylation sites (N-methyl/N-ethyl adjacent to an activating group) is 1. The highest BCUT2D eigenvalue weighted by molar-refractivity contribution is 5.85. The van der Waals surface area contributed by atoms with Gasteiger partial charge in [0.1, 0.15) is 17.4 Å². The smallest absolute Gasteiger partial charge is 0.266 e. The van der Waals surface area contributed by atoms with Gasteiger partial charge in [-0.3, -0.25) is 9.69 Å². The number of hydrogen-bond donors (Lipinski definition) is 1. The molecule has 1 aromatic heterocycles. The fourth-order valence-electron chi connectivity index (χ4n) is 3.45. The molecule has 0 aliphatic carbocycles. The summed E-state index contributed by atoms with van der Waals surface area (Å²) in [4.78, 5) is 25.5. The van der Waals surface area contributed by atoms with E-state index in [4.69, 9.17) is 15.7 Å². The molecule has 29 heavy (non-hydrogen) atoms. The van der Waals surface area contributed by atoms with Gasteiger partial charge in [0, 0.05) is 25.3 Å². The maximum atomic E-state index is 13.1. The Balaban J connectivity index is 1.59. The van der Waals surface area contributed by atoms with Crippen LogP contribution in [-0.2, 0) is 11.3 Å². The van der Waals surface area contributed by atoms with E-state index >= 15 is 0 Å². The predicted molar refractivity (Wildman–Crippen MR) is 109 cm³/mol. The molecule has 1 amide bonds. The number of nitrogens with two attached hydrogens (primary N) is 1. The third kappa shape index (κ3) is 5.00. The summed E-state index contributed by atoms with van der Waals surface area (Å²) in [5.74, 6) is 1.63. The van der Waals surface area contributed by atoms with E-state index in [2.05, 4.69) is 20.9 Å². The molecule has 1 atom stereocenters. The third-order valence-electron chi connectivity index (χ3n) is 5.06. The molecule has 8 nitrogen and oxygen atoms in total. The molecular formula is C21H26N6O2. The van der Waals surface area contributed by atoms with Gasteiger partial charge in [0.15, 0.2) is 5.60 Å². The number of amides is 1. The normalized spacial score (nSPS) is 16.7. The first kappa shape index (κ1) is 20.6. The monoisotopic (exact) mass is 394 g/mol. The van der Waals surface area contributed by atoms with Gasteiger partial charge in [-0.25, -0.2) is 9.97 Å². The highest BCUT2D eigenvalue weighted by Crippen LogP contribution is 2.24. The Labute approximate surface area is 170 Å². The van der Waals surface area contributed by atoms with Crippen LogP contribution in [0.3, 0.4) is 0 Å². The van der Waals surface area contributed by atoms with Crippen LogP contribution in [0.1, 0.15) is 31.7 Å². The second-order valence-corrected chi connectivity index (χ2v) is 7.76. The number of nitrogen functional groups attached to an aromatic ring is 1. The van der Waals surface area contributed by atoms with Gasteiger partial charge in [-0.1, -0.05) is 0 Å². The molecule has 0 spiro atoms. The maximum absolute atomic E-state index is 13.1. The standard InChI is InChI=1S/C21H26N6O2/c1-21(2,29-17-6-4-15(12-22)5-7-17)20(28)27-11-9-16(13-27)26(3)14-19-24-10-8-18(23)25-19/h4-8,10,16H,9,11,13-14H2,1-3H3,(H2,23,24,25)/t16-/m1/s1. The van der Waals surface area contributed by atoms with Crippen LogP contribution >= 0.6 is 0 Å². The number of benzene rings is 1. The molecule has 8 heteroatoms. The summed E-state index contributed by atoms with van der Waals surface area (Å²) < 4.78 is 5.93. The minimum Gasteiger partial charge on any atom is -0.478 e. The molecule has 0 saturated carbocycles. The van der Waals surface area contributed by atoms with Gasteiger partial charge in [0.05, 0.1) is 18.2 Å². The summed E-state index contributed by atoms with van der Waals surface area (Å²) in [5.41, 5.74) is 5.28. The topological polar surface area (TPSA) is 108 Å². The highest BCUT2D eigenvalue weighted by Gasteiger charge is 2.38. The number of rotatable bonds is 6. The highest BCUT2D eigenvalue weighted by atomic mass is 16.5. The van der Waals surface area contributed by atoms with Crippen molar-refractivity contribution in [2.45, 2.75) is 38.5 Å². The van der Waals surface area contributed by atoms with Crippen molar-refractivity contribution in [3.63, 3.8) is 0 Å². The van der Waals surface area contributed by atoms with Gasteiger partial charge in [0.25, 0.3) is 5.91 Å². The molecule has 2 aromatic rings. The Bertz CT molecular complexity index is 906. The first-order chi connectivity index (χ1) is 13.8. The lowest BCUT2D eigenvalue weighted by molar-refractivity contribution is -0.144. The van der Waals surface area contributed by atoms with Gasteiger partial charge in [-0.2, -0.15) is 5.26 Å². The minimum absolute atomic E-state index is 0.0574. The largest absolute Gasteiger partial charge is 0.478 e. The van der Waals surface area contributed by atoms with E-state index < -0.39 is 5.60 Å². The van der Waals surface area contributed by atoms with Crippen LogP contribution in [0.2, 0.25) is 0 Å². The predicted octanol–water partition coefficient (Wildman–Crippen LogP) is 1.82. The lowest BCUT2D eigenvalue weighted by Gasteiger charge is -2.31. The van der Waals surface area contributed by atoms with Gasteiger partial charge in [-0.05, 0) is 57.6 Å². The fraction of sp³-hybridized carbons (Fsp3) is 0.429. The number of nitrogens with zero attached hydrogens (tertiary/aromatic N) is 5. The van der Waals surface area contributed by atoms with Crippen molar-refractivity contribution < 1.29 is 9.53 Å².